The lowest BCUT2D eigenvalue weighted by Crippen LogP contribution is -2.43. The summed E-state index contributed by atoms with van der Waals surface area (Å²) in [5.74, 6) is 0.152. The highest BCUT2D eigenvalue weighted by atomic mass is 16.1. The van der Waals surface area contributed by atoms with Gasteiger partial charge in [-0.2, -0.15) is 4.98 Å². The summed E-state index contributed by atoms with van der Waals surface area (Å²) in [5.41, 5.74) is 13.5. The smallest absolute Gasteiger partial charge is 0.254 e. The molecule has 2 heterocycles. The number of carbonyl (C=O) groups excluding carboxylic acids is 1. The Morgan fingerprint density at radius 3 is 2.66 bits per heavy atom. The molecule has 1 aliphatic rings. The van der Waals surface area contributed by atoms with E-state index in [0.717, 1.165) is 37.1 Å². The van der Waals surface area contributed by atoms with E-state index in [4.69, 9.17) is 11.5 Å². The van der Waals surface area contributed by atoms with E-state index in [1.807, 2.05) is 24.3 Å². The summed E-state index contributed by atoms with van der Waals surface area (Å²) >= 11 is 0. The molecule has 10 nitrogen and oxygen atoms in total. The zero-order valence-corrected chi connectivity index (χ0v) is 15.8. The lowest BCUT2D eigenvalue weighted by molar-refractivity contribution is 0.100. The van der Waals surface area contributed by atoms with Gasteiger partial charge in [-0.05, 0) is 37.1 Å². The van der Waals surface area contributed by atoms with Gasteiger partial charge in [0.25, 0.3) is 5.91 Å². The van der Waals surface area contributed by atoms with Gasteiger partial charge in [0.2, 0.25) is 5.95 Å². The number of amides is 1. The molecule has 1 fully saturated rings. The monoisotopic (exact) mass is 393 g/mol. The van der Waals surface area contributed by atoms with Crippen molar-refractivity contribution in [2.75, 3.05) is 10.6 Å². The highest BCUT2D eigenvalue weighted by Crippen LogP contribution is 2.23. The second-order valence-corrected chi connectivity index (χ2v) is 7.04. The Hall–Kier alpha value is -3.53. The average Bonchev–Trinajstić information content (AvgIpc) is 3.25. The Labute approximate surface area is 167 Å². The third kappa shape index (κ3) is 4.32. The van der Waals surface area contributed by atoms with Gasteiger partial charge in [-0.15, -0.1) is 5.10 Å². The summed E-state index contributed by atoms with van der Waals surface area (Å²) < 4.78 is 1.65. The molecule has 0 radical (unpaired) electrons. The summed E-state index contributed by atoms with van der Waals surface area (Å²) in [5, 5.41) is 14.2. The minimum Gasteiger partial charge on any atom is -0.365 e. The third-order valence-electron chi connectivity index (χ3n) is 5.01. The number of anilines is 3. The fourth-order valence-corrected chi connectivity index (χ4v) is 3.41. The first-order valence-electron chi connectivity index (χ1n) is 9.53. The zero-order valence-electron chi connectivity index (χ0n) is 15.8. The maximum Gasteiger partial charge on any atom is 0.254 e. The molecule has 2 atom stereocenters. The van der Waals surface area contributed by atoms with Gasteiger partial charge in [0.15, 0.2) is 0 Å². The lowest BCUT2D eigenvalue weighted by Gasteiger charge is -2.29. The minimum atomic E-state index is -0.604. The molecule has 10 heteroatoms. The third-order valence-corrected chi connectivity index (χ3v) is 5.01. The van der Waals surface area contributed by atoms with Crippen LogP contribution in [0.3, 0.4) is 0 Å². The van der Waals surface area contributed by atoms with Gasteiger partial charge in [0.05, 0.1) is 18.1 Å². The van der Waals surface area contributed by atoms with Crippen LogP contribution in [0.4, 0.5) is 17.5 Å². The highest BCUT2D eigenvalue weighted by molar-refractivity contribution is 5.98. The van der Waals surface area contributed by atoms with E-state index in [1.54, 1.807) is 17.1 Å². The molecule has 1 aromatic carbocycles. The Morgan fingerprint density at radius 1 is 1.17 bits per heavy atom. The molecule has 29 heavy (non-hydrogen) atoms. The van der Waals surface area contributed by atoms with Crippen LogP contribution in [0.15, 0.2) is 42.9 Å². The SMILES string of the molecule is NC(=O)c1cnc(N[C@@H]2CCCC[C@@H]2N)nc1Nc1ccc(-n2ccnn2)cc1. The molecule has 0 saturated heterocycles. The van der Waals surface area contributed by atoms with Crippen LogP contribution in [0.2, 0.25) is 0 Å². The van der Waals surface area contributed by atoms with Crippen molar-refractivity contribution in [2.24, 2.45) is 11.5 Å². The normalized spacial score (nSPS) is 18.9. The van der Waals surface area contributed by atoms with Crippen molar-refractivity contribution in [1.82, 2.24) is 25.0 Å². The van der Waals surface area contributed by atoms with Crippen LogP contribution < -0.4 is 22.1 Å². The van der Waals surface area contributed by atoms with Crippen molar-refractivity contribution in [2.45, 2.75) is 37.8 Å². The Balaban J connectivity index is 1.55. The van der Waals surface area contributed by atoms with Crippen molar-refractivity contribution >= 4 is 23.4 Å². The van der Waals surface area contributed by atoms with Gasteiger partial charge in [-0.25, -0.2) is 9.67 Å². The van der Waals surface area contributed by atoms with E-state index in [9.17, 15) is 4.79 Å². The first kappa shape index (κ1) is 18.8. The number of benzene rings is 1. The maximum absolute atomic E-state index is 11.8. The molecule has 0 bridgehead atoms. The Morgan fingerprint density at radius 2 is 1.97 bits per heavy atom. The van der Waals surface area contributed by atoms with Crippen molar-refractivity contribution in [1.29, 1.82) is 0 Å². The predicted octanol–water partition coefficient (Wildman–Crippen LogP) is 1.58. The highest BCUT2D eigenvalue weighted by Gasteiger charge is 2.23. The van der Waals surface area contributed by atoms with Crippen molar-refractivity contribution < 1.29 is 4.79 Å². The van der Waals surface area contributed by atoms with Crippen LogP contribution in [0.25, 0.3) is 5.69 Å². The van der Waals surface area contributed by atoms with Crippen molar-refractivity contribution in [3.05, 3.63) is 48.4 Å². The fourth-order valence-electron chi connectivity index (χ4n) is 3.41. The number of hydrogen-bond donors (Lipinski definition) is 4. The van der Waals surface area contributed by atoms with Crippen LogP contribution >= 0.6 is 0 Å². The van der Waals surface area contributed by atoms with Crippen LogP contribution in [0.5, 0.6) is 0 Å². The molecule has 0 spiro atoms. The van der Waals surface area contributed by atoms with E-state index in [2.05, 4.69) is 30.9 Å². The number of hydrogen-bond acceptors (Lipinski definition) is 8. The minimum absolute atomic E-state index is 0.0592. The molecule has 1 saturated carbocycles. The molecule has 3 aromatic rings. The quantitative estimate of drug-likeness (QED) is 0.493. The number of rotatable bonds is 6. The average molecular weight is 393 g/mol. The molecule has 2 aromatic heterocycles. The number of nitrogens with one attached hydrogen (secondary N) is 2. The van der Waals surface area contributed by atoms with Gasteiger partial charge in [0.1, 0.15) is 11.4 Å². The number of aromatic nitrogens is 5. The van der Waals surface area contributed by atoms with Crippen LogP contribution in [-0.4, -0.2) is 43.0 Å². The number of nitrogens with two attached hydrogens (primary N) is 2. The zero-order chi connectivity index (χ0) is 20.2. The first-order chi connectivity index (χ1) is 14.1. The van der Waals surface area contributed by atoms with Crippen LogP contribution in [0, 0.1) is 0 Å². The van der Waals surface area contributed by atoms with Crippen molar-refractivity contribution in [3.8, 4) is 5.69 Å². The van der Waals surface area contributed by atoms with E-state index in [0.29, 0.717) is 11.8 Å². The van der Waals surface area contributed by atoms with Gasteiger partial charge < -0.3 is 22.1 Å². The molecule has 1 amide bonds. The predicted molar refractivity (Wildman–Crippen MR) is 109 cm³/mol. The van der Waals surface area contributed by atoms with E-state index in [1.165, 1.54) is 6.20 Å². The second kappa shape index (κ2) is 8.23. The number of primary amides is 1. The van der Waals surface area contributed by atoms with Crippen LogP contribution in [0.1, 0.15) is 36.0 Å². The number of nitrogens with zero attached hydrogens (tertiary/aromatic N) is 5. The summed E-state index contributed by atoms with van der Waals surface area (Å²) in [6, 6.07) is 7.63. The summed E-state index contributed by atoms with van der Waals surface area (Å²) in [4.78, 5) is 20.5. The summed E-state index contributed by atoms with van der Waals surface area (Å²) in [6.45, 7) is 0. The molecular weight excluding hydrogens is 370 g/mol. The van der Waals surface area contributed by atoms with E-state index in [-0.39, 0.29) is 17.6 Å². The van der Waals surface area contributed by atoms with Crippen molar-refractivity contribution in [3.63, 3.8) is 0 Å². The summed E-state index contributed by atoms with van der Waals surface area (Å²) in [6.07, 6.45) is 8.99. The fraction of sp³-hybridized carbons (Fsp3) is 0.316. The molecule has 0 unspecified atom stereocenters. The molecule has 1 aliphatic carbocycles. The molecule has 6 N–H and O–H groups in total. The summed E-state index contributed by atoms with van der Waals surface area (Å²) in [7, 11) is 0. The first-order valence-corrected chi connectivity index (χ1v) is 9.53. The van der Waals surface area contributed by atoms with E-state index < -0.39 is 5.91 Å². The second-order valence-electron chi connectivity index (χ2n) is 7.04. The van der Waals surface area contributed by atoms with Gasteiger partial charge in [-0.1, -0.05) is 18.1 Å². The van der Waals surface area contributed by atoms with Gasteiger partial charge in [0, 0.05) is 24.0 Å². The Bertz CT molecular complexity index is 972. The number of carbonyl (C=O) groups is 1. The van der Waals surface area contributed by atoms with Gasteiger partial charge in [-0.3, -0.25) is 4.79 Å². The topological polar surface area (TPSA) is 150 Å². The van der Waals surface area contributed by atoms with Crippen LogP contribution in [-0.2, 0) is 0 Å². The largest absolute Gasteiger partial charge is 0.365 e. The molecular formula is C19H23N9O. The lowest BCUT2D eigenvalue weighted by atomic mass is 9.91. The molecule has 150 valence electrons. The van der Waals surface area contributed by atoms with E-state index >= 15 is 0 Å². The van der Waals surface area contributed by atoms with Gasteiger partial charge >= 0.3 is 0 Å². The standard InChI is InChI=1S/C19H23N9O/c20-15-3-1-2-4-16(15)25-19-22-11-14(17(21)29)18(26-19)24-12-5-7-13(8-6-12)28-10-9-23-27-28/h5-11,15-16H,1-4,20H2,(H2,21,29)(H2,22,24,25,26)/t15-,16+/m0/s1. The molecule has 4 rings (SSSR count). The molecule has 0 aliphatic heterocycles. The Kier molecular flexibility index (Phi) is 5.34. The maximum atomic E-state index is 11.8.